The van der Waals surface area contributed by atoms with Crippen molar-refractivity contribution < 1.29 is 9.59 Å². The van der Waals surface area contributed by atoms with Crippen molar-refractivity contribution in [1.82, 2.24) is 24.9 Å². The normalized spacial score (nSPS) is 23.1. The maximum absolute atomic E-state index is 12.9. The predicted octanol–water partition coefficient (Wildman–Crippen LogP) is 2.51. The first-order valence-electron chi connectivity index (χ1n) is 11.6. The third kappa shape index (κ3) is 4.48. The highest BCUT2D eigenvalue weighted by Gasteiger charge is 2.49. The van der Waals surface area contributed by atoms with E-state index in [1.54, 1.807) is 7.05 Å². The Bertz CT molecular complexity index is 1110. The third-order valence-corrected chi connectivity index (χ3v) is 7.00. The van der Waals surface area contributed by atoms with Gasteiger partial charge < -0.3 is 14.7 Å². The molecule has 2 unspecified atom stereocenters. The third-order valence-electron chi connectivity index (χ3n) is 6.76. The molecule has 2 fully saturated rings. The number of hydrogen-bond acceptors (Lipinski definition) is 6. The van der Waals surface area contributed by atoms with Crippen LogP contribution in [0.15, 0.2) is 53.5 Å². The van der Waals surface area contributed by atoms with Gasteiger partial charge >= 0.3 is 6.03 Å². The number of halogens is 1. The van der Waals surface area contributed by atoms with E-state index in [0.717, 1.165) is 49.3 Å². The second-order valence-electron chi connectivity index (χ2n) is 9.20. The van der Waals surface area contributed by atoms with E-state index in [-0.39, 0.29) is 5.91 Å². The molecule has 2 atom stereocenters. The predicted molar refractivity (Wildman–Crippen MR) is 131 cm³/mol. The fourth-order valence-electron chi connectivity index (χ4n) is 4.83. The summed E-state index contributed by atoms with van der Waals surface area (Å²) in [5.74, 6) is 0.494. The summed E-state index contributed by atoms with van der Waals surface area (Å²) in [7, 11) is 1.69. The van der Waals surface area contributed by atoms with Crippen molar-refractivity contribution in [3.8, 4) is 0 Å². The van der Waals surface area contributed by atoms with Crippen LogP contribution in [0.4, 0.5) is 4.79 Å². The Morgan fingerprint density at radius 3 is 2.44 bits per heavy atom. The van der Waals surface area contributed by atoms with Crippen LogP contribution in [0, 0.1) is 6.92 Å². The molecule has 178 valence electrons. The van der Waals surface area contributed by atoms with Gasteiger partial charge in [0.25, 0.3) is 5.91 Å². The van der Waals surface area contributed by atoms with E-state index in [9.17, 15) is 9.59 Å². The van der Waals surface area contributed by atoms with Crippen molar-refractivity contribution in [2.45, 2.75) is 32.2 Å². The molecule has 0 aromatic heterocycles. The number of guanidine groups is 1. The first-order chi connectivity index (χ1) is 16.4. The maximum Gasteiger partial charge on any atom is 0.325 e. The van der Waals surface area contributed by atoms with Crippen LogP contribution in [-0.4, -0.2) is 82.9 Å². The standard InChI is InChI=1S/C25H29ClN6O2/c1-17-6-8-18(9-7-17)16-32-21-22(29(2)25(34)28-23(21)33)27-24(32)31-12-10-30(11-13-31)15-19-4-3-5-20(26)14-19/h3-9,14,21-22H,10-13,15-16H2,1-2H3,(H,28,33,34). The highest BCUT2D eigenvalue weighted by molar-refractivity contribution is 6.30. The summed E-state index contributed by atoms with van der Waals surface area (Å²) >= 11 is 6.15. The number of aliphatic imine (C=N–C) groups is 1. The van der Waals surface area contributed by atoms with Crippen LogP contribution in [0.2, 0.25) is 5.02 Å². The van der Waals surface area contributed by atoms with Gasteiger partial charge in [-0.15, -0.1) is 0 Å². The summed E-state index contributed by atoms with van der Waals surface area (Å²) in [5, 5.41) is 3.24. The van der Waals surface area contributed by atoms with Crippen LogP contribution in [0.1, 0.15) is 16.7 Å². The summed E-state index contributed by atoms with van der Waals surface area (Å²) in [6, 6.07) is 15.3. The van der Waals surface area contributed by atoms with Crippen molar-refractivity contribution >= 4 is 29.5 Å². The number of piperazine rings is 1. The fraction of sp³-hybridized carbons (Fsp3) is 0.400. The van der Waals surface area contributed by atoms with Crippen LogP contribution >= 0.6 is 11.6 Å². The Hall–Kier alpha value is -3.10. The largest absolute Gasteiger partial charge is 0.340 e. The van der Waals surface area contributed by atoms with Gasteiger partial charge in [0.05, 0.1) is 0 Å². The second-order valence-corrected chi connectivity index (χ2v) is 9.64. The Labute approximate surface area is 204 Å². The van der Waals surface area contributed by atoms with Crippen molar-refractivity contribution in [2.24, 2.45) is 4.99 Å². The molecule has 3 amide bonds. The summed E-state index contributed by atoms with van der Waals surface area (Å²) in [6.07, 6.45) is -0.522. The number of nitrogens with zero attached hydrogens (tertiary/aromatic N) is 5. The van der Waals surface area contributed by atoms with Crippen LogP contribution in [0.25, 0.3) is 0 Å². The minimum atomic E-state index is -0.538. The number of amides is 3. The van der Waals surface area contributed by atoms with E-state index in [2.05, 4.69) is 57.3 Å². The Morgan fingerprint density at radius 1 is 1.00 bits per heavy atom. The molecule has 5 rings (SSSR count). The summed E-state index contributed by atoms with van der Waals surface area (Å²) in [6.45, 7) is 6.79. The molecule has 0 spiro atoms. The molecule has 0 saturated carbocycles. The number of carbonyl (C=O) groups excluding carboxylic acids is 2. The molecule has 9 heteroatoms. The average molecular weight is 481 g/mol. The maximum atomic E-state index is 12.9. The molecular weight excluding hydrogens is 452 g/mol. The molecule has 0 bridgehead atoms. The molecule has 2 aromatic carbocycles. The number of carbonyl (C=O) groups is 2. The lowest BCUT2D eigenvalue weighted by Crippen LogP contribution is -2.64. The second kappa shape index (κ2) is 9.27. The lowest BCUT2D eigenvalue weighted by atomic mass is 10.1. The van der Waals surface area contributed by atoms with Crippen LogP contribution in [0.5, 0.6) is 0 Å². The average Bonchev–Trinajstić information content (AvgIpc) is 3.19. The number of likely N-dealkylation sites (N-methyl/N-ethyl adjacent to an activating group) is 1. The first-order valence-corrected chi connectivity index (χ1v) is 12.0. The van der Waals surface area contributed by atoms with Crippen molar-refractivity contribution in [3.05, 3.63) is 70.2 Å². The molecule has 3 aliphatic rings. The van der Waals surface area contributed by atoms with Gasteiger partial charge in [0.2, 0.25) is 0 Å². The van der Waals surface area contributed by atoms with Gasteiger partial charge in [-0.3, -0.25) is 15.0 Å². The van der Waals surface area contributed by atoms with Gasteiger partial charge in [-0.25, -0.2) is 9.79 Å². The summed E-state index contributed by atoms with van der Waals surface area (Å²) < 4.78 is 0. The van der Waals surface area contributed by atoms with Crippen LogP contribution in [0.3, 0.4) is 0 Å². The Kier molecular flexibility index (Phi) is 6.18. The van der Waals surface area contributed by atoms with Gasteiger partial charge in [0.1, 0.15) is 0 Å². The van der Waals surface area contributed by atoms with Gasteiger partial charge in [0, 0.05) is 51.3 Å². The van der Waals surface area contributed by atoms with Gasteiger partial charge in [-0.2, -0.15) is 0 Å². The number of benzene rings is 2. The highest BCUT2D eigenvalue weighted by atomic mass is 35.5. The molecule has 1 N–H and O–H groups in total. The van der Waals surface area contributed by atoms with Gasteiger partial charge in [0.15, 0.2) is 18.2 Å². The molecular formula is C25H29ClN6O2. The molecule has 3 heterocycles. The van der Waals surface area contributed by atoms with Crippen molar-refractivity contribution in [3.63, 3.8) is 0 Å². The van der Waals surface area contributed by atoms with Crippen LogP contribution in [-0.2, 0) is 17.9 Å². The molecule has 2 saturated heterocycles. The zero-order valence-corrected chi connectivity index (χ0v) is 20.2. The number of imide groups is 1. The van der Waals surface area contributed by atoms with Gasteiger partial charge in [-0.1, -0.05) is 53.6 Å². The number of fused-ring (bicyclic) bond motifs is 1. The number of rotatable bonds is 4. The molecule has 0 radical (unpaired) electrons. The topological polar surface area (TPSA) is 71.5 Å². The molecule has 3 aliphatic heterocycles. The highest BCUT2D eigenvalue weighted by Crippen LogP contribution is 2.28. The van der Waals surface area contributed by atoms with Crippen molar-refractivity contribution in [2.75, 3.05) is 33.2 Å². The van der Waals surface area contributed by atoms with Crippen LogP contribution < -0.4 is 5.32 Å². The molecule has 2 aromatic rings. The summed E-state index contributed by atoms with van der Waals surface area (Å²) in [4.78, 5) is 38.3. The van der Waals surface area contributed by atoms with E-state index >= 15 is 0 Å². The smallest absolute Gasteiger partial charge is 0.325 e. The number of aryl methyl sites for hydroxylation is 1. The van der Waals surface area contributed by atoms with E-state index in [0.29, 0.717) is 6.54 Å². The zero-order valence-electron chi connectivity index (χ0n) is 19.4. The van der Waals surface area contributed by atoms with Gasteiger partial charge in [-0.05, 0) is 30.2 Å². The Balaban J connectivity index is 1.34. The fourth-order valence-corrected chi connectivity index (χ4v) is 5.05. The van der Waals surface area contributed by atoms with E-state index in [4.69, 9.17) is 16.6 Å². The number of hydrogen-bond donors (Lipinski definition) is 1. The Morgan fingerprint density at radius 2 is 1.74 bits per heavy atom. The monoisotopic (exact) mass is 480 g/mol. The molecule has 34 heavy (non-hydrogen) atoms. The lowest BCUT2D eigenvalue weighted by Gasteiger charge is -2.40. The summed E-state index contributed by atoms with van der Waals surface area (Å²) in [5.41, 5.74) is 3.49. The lowest BCUT2D eigenvalue weighted by molar-refractivity contribution is -0.127. The van der Waals surface area contributed by atoms with Crippen molar-refractivity contribution in [1.29, 1.82) is 0 Å². The first kappa shape index (κ1) is 22.7. The number of urea groups is 1. The minimum absolute atomic E-state index is 0.293. The quantitative estimate of drug-likeness (QED) is 0.728. The molecule has 0 aliphatic carbocycles. The molecule has 8 nitrogen and oxygen atoms in total. The minimum Gasteiger partial charge on any atom is -0.340 e. The van der Waals surface area contributed by atoms with E-state index in [1.165, 1.54) is 16.0 Å². The van der Waals surface area contributed by atoms with E-state index < -0.39 is 18.2 Å². The van der Waals surface area contributed by atoms with E-state index in [1.807, 2.05) is 18.2 Å². The SMILES string of the molecule is Cc1ccc(CN2C(N3CCN(Cc4cccc(Cl)c4)CC3)=NC3C2C(=O)NC(=O)N3C)cc1. The number of nitrogens with one attached hydrogen (secondary N) is 1. The zero-order chi connectivity index (χ0) is 23.8.